The largest absolute Gasteiger partial charge is 0.358 e. The highest BCUT2D eigenvalue weighted by atomic mass is 16.2. The summed E-state index contributed by atoms with van der Waals surface area (Å²) in [6.07, 6.45) is 5.03. The first-order valence-electron chi connectivity index (χ1n) is 3.81. The maximum absolute atomic E-state index is 10.9. The van der Waals surface area contributed by atoms with E-state index in [0.717, 1.165) is 0 Å². The van der Waals surface area contributed by atoms with Crippen LogP contribution in [0.4, 0.5) is 4.79 Å². The van der Waals surface area contributed by atoms with Crippen LogP contribution in [0.15, 0.2) is 0 Å². The smallest absolute Gasteiger partial charge is 0.316 e. The van der Waals surface area contributed by atoms with Gasteiger partial charge in [-0.2, -0.15) is 0 Å². The fourth-order valence-electron chi connectivity index (χ4n) is 0.538. The molecule has 0 radical (unpaired) electrons. The number of carbonyl (C=O) groups is 2. The van der Waals surface area contributed by atoms with E-state index in [0.29, 0.717) is 0 Å². The molecule has 1 unspecified atom stereocenters. The van der Waals surface area contributed by atoms with Gasteiger partial charge in [0.1, 0.15) is 0 Å². The molecule has 13 heavy (non-hydrogen) atoms. The molecule has 0 aromatic rings. The Morgan fingerprint density at radius 2 is 2.15 bits per heavy atom. The Bertz CT molecular complexity index is 232. The number of rotatable bonds is 3. The molecule has 0 spiro atoms. The van der Waals surface area contributed by atoms with Gasteiger partial charge in [-0.15, -0.1) is 6.42 Å². The average molecular weight is 183 g/mol. The lowest BCUT2D eigenvalue weighted by molar-refractivity contribution is -0.119. The number of terminal acetylenes is 1. The van der Waals surface area contributed by atoms with E-state index >= 15 is 0 Å². The van der Waals surface area contributed by atoms with Crippen LogP contribution < -0.4 is 16.0 Å². The molecule has 0 fully saturated rings. The van der Waals surface area contributed by atoms with Gasteiger partial charge in [-0.25, -0.2) is 4.79 Å². The zero-order chi connectivity index (χ0) is 10.3. The van der Waals surface area contributed by atoms with Gasteiger partial charge in [0, 0.05) is 7.05 Å². The summed E-state index contributed by atoms with van der Waals surface area (Å²) < 4.78 is 0. The van der Waals surface area contributed by atoms with Crippen LogP contribution >= 0.6 is 0 Å². The maximum Gasteiger partial charge on any atom is 0.316 e. The Morgan fingerprint density at radius 1 is 1.54 bits per heavy atom. The molecule has 72 valence electrons. The minimum atomic E-state index is -0.450. The van der Waals surface area contributed by atoms with Gasteiger partial charge in [0.25, 0.3) is 0 Å². The van der Waals surface area contributed by atoms with Crippen molar-refractivity contribution in [2.45, 2.75) is 13.0 Å². The second-order valence-corrected chi connectivity index (χ2v) is 2.39. The van der Waals surface area contributed by atoms with E-state index in [1.165, 1.54) is 7.05 Å². The molecule has 3 N–H and O–H groups in total. The summed E-state index contributed by atoms with van der Waals surface area (Å²) in [5.74, 6) is 2.06. The van der Waals surface area contributed by atoms with Crippen molar-refractivity contribution in [2.75, 3.05) is 13.6 Å². The molecule has 0 saturated carbocycles. The number of nitrogens with one attached hydrogen (secondary N) is 3. The predicted octanol–water partition coefficient (Wildman–Crippen LogP) is -0.947. The predicted molar refractivity (Wildman–Crippen MR) is 48.9 cm³/mol. The maximum atomic E-state index is 10.9. The van der Waals surface area contributed by atoms with Crippen LogP contribution in [0.25, 0.3) is 0 Å². The number of amides is 3. The van der Waals surface area contributed by atoms with Crippen LogP contribution in [0.5, 0.6) is 0 Å². The summed E-state index contributed by atoms with van der Waals surface area (Å²) in [5, 5.41) is 7.15. The third-order valence-electron chi connectivity index (χ3n) is 1.29. The Kier molecular flexibility index (Phi) is 5.12. The number of likely N-dealkylation sites (N-methyl/N-ethyl adjacent to an activating group) is 1. The lowest BCUT2D eigenvalue weighted by Gasteiger charge is -2.08. The SMILES string of the molecule is C#CC(C)NC(=O)NCC(=O)NC. The summed E-state index contributed by atoms with van der Waals surface area (Å²) in [7, 11) is 1.49. The lowest BCUT2D eigenvalue weighted by atomic mass is 10.4. The molecule has 0 bridgehead atoms. The van der Waals surface area contributed by atoms with Crippen molar-refractivity contribution in [1.29, 1.82) is 0 Å². The van der Waals surface area contributed by atoms with Crippen LogP contribution in [-0.4, -0.2) is 31.6 Å². The standard InChI is InChI=1S/C8H13N3O2/c1-4-6(2)11-8(13)10-5-7(12)9-3/h1,6H,5H2,2-3H3,(H,9,12)(H2,10,11,13). The molecular formula is C8H13N3O2. The second kappa shape index (κ2) is 5.89. The fraction of sp³-hybridized carbons (Fsp3) is 0.500. The quantitative estimate of drug-likeness (QED) is 0.494. The minimum absolute atomic E-state index is 0.0559. The highest BCUT2D eigenvalue weighted by molar-refractivity contribution is 5.83. The fourth-order valence-corrected chi connectivity index (χ4v) is 0.538. The van der Waals surface area contributed by atoms with Gasteiger partial charge in [-0.3, -0.25) is 4.79 Å². The second-order valence-electron chi connectivity index (χ2n) is 2.39. The van der Waals surface area contributed by atoms with Gasteiger partial charge in [0.05, 0.1) is 12.6 Å². The molecule has 0 heterocycles. The van der Waals surface area contributed by atoms with Crippen molar-refractivity contribution in [3.8, 4) is 12.3 Å². The van der Waals surface area contributed by atoms with Crippen molar-refractivity contribution >= 4 is 11.9 Å². The molecule has 1 atom stereocenters. The van der Waals surface area contributed by atoms with Crippen molar-refractivity contribution in [2.24, 2.45) is 0 Å². The summed E-state index contributed by atoms with van der Waals surface area (Å²) in [6.45, 7) is 1.61. The van der Waals surface area contributed by atoms with E-state index < -0.39 is 6.03 Å². The Morgan fingerprint density at radius 3 is 2.62 bits per heavy atom. The Hall–Kier alpha value is -1.70. The Labute approximate surface area is 77.3 Å². The third kappa shape index (κ3) is 5.56. The summed E-state index contributed by atoms with van der Waals surface area (Å²) in [4.78, 5) is 21.6. The molecule has 0 saturated heterocycles. The van der Waals surface area contributed by atoms with E-state index in [-0.39, 0.29) is 18.5 Å². The van der Waals surface area contributed by atoms with Gasteiger partial charge in [0.15, 0.2) is 0 Å². The van der Waals surface area contributed by atoms with Gasteiger partial charge < -0.3 is 16.0 Å². The zero-order valence-corrected chi connectivity index (χ0v) is 7.68. The van der Waals surface area contributed by atoms with E-state index in [2.05, 4.69) is 21.9 Å². The summed E-state index contributed by atoms with van der Waals surface area (Å²) >= 11 is 0. The van der Waals surface area contributed by atoms with Crippen LogP contribution in [0.1, 0.15) is 6.92 Å². The van der Waals surface area contributed by atoms with Crippen LogP contribution in [0.2, 0.25) is 0 Å². The van der Waals surface area contributed by atoms with Crippen LogP contribution in [0, 0.1) is 12.3 Å². The molecule has 0 rings (SSSR count). The van der Waals surface area contributed by atoms with E-state index in [1.807, 2.05) is 0 Å². The number of urea groups is 1. The normalized spacial score (nSPS) is 10.8. The highest BCUT2D eigenvalue weighted by Gasteiger charge is 2.04. The molecule has 0 aromatic carbocycles. The van der Waals surface area contributed by atoms with Crippen LogP contribution in [-0.2, 0) is 4.79 Å². The van der Waals surface area contributed by atoms with Crippen molar-refractivity contribution in [3.05, 3.63) is 0 Å². The van der Waals surface area contributed by atoms with Gasteiger partial charge in [0.2, 0.25) is 5.91 Å². The first-order valence-corrected chi connectivity index (χ1v) is 3.81. The van der Waals surface area contributed by atoms with Gasteiger partial charge in [-0.1, -0.05) is 5.92 Å². The highest BCUT2D eigenvalue weighted by Crippen LogP contribution is 1.75. The third-order valence-corrected chi connectivity index (χ3v) is 1.29. The lowest BCUT2D eigenvalue weighted by Crippen LogP contribution is -2.44. The van der Waals surface area contributed by atoms with Crippen molar-refractivity contribution in [1.82, 2.24) is 16.0 Å². The first kappa shape index (κ1) is 11.3. The number of hydrogen-bond acceptors (Lipinski definition) is 2. The van der Waals surface area contributed by atoms with Gasteiger partial charge in [-0.05, 0) is 6.92 Å². The monoisotopic (exact) mass is 183 g/mol. The molecule has 0 aromatic heterocycles. The Balaban J connectivity index is 3.65. The zero-order valence-electron chi connectivity index (χ0n) is 7.68. The minimum Gasteiger partial charge on any atom is -0.358 e. The van der Waals surface area contributed by atoms with E-state index in [1.54, 1.807) is 6.92 Å². The molecule has 3 amide bonds. The van der Waals surface area contributed by atoms with Gasteiger partial charge >= 0.3 is 6.03 Å². The van der Waals surface area contributed by atoms with Crippen molar-refractivity contribution < 1.29 is 9.59 Å². The number of hydrogen-bond donors (Lipinski definition) is 3. The van der Waals surface area contributed by atoms with E-state index in [4.69, 9.17) is 6.42 Å². The van der Waals surface area contributed by atoms with Crippen LogP contribution in [0.3, 0.4) is 0 Å². The molecule has 0 aliphatic heterocycles. The summed E-state index contributed by atoms with van der Waals surface area (Å²) in [6, 6.07) is -0.793. The topological polar surface area (TPSA) is 70.2 Å². The molecule has 0 aliphatic carbocycles. The molecular weight excluding hydrogens is 170 g/mol. The summed E-state index contributed by atoms with van der Waals surface area (Å²) in [5.41, 5.74) is 0. The first-order chi connectivity index (χ1) is 6.10. The molecule has 5 heteroatoms. The average Bonchev–Trinajstić information content (AvgIpc) is 2.13. The van der Waals surface area contributed by atoms with E-state index in [9.17, 15) is 9.59 Å². The molecule has 0 aliphatic rings. The van der Waals surface area contributed by atoms with Crippen molar-refractivity contribution in [3.63, 3.8) is 0 Å². The number of carbonyl (C=O) groups excluding carboxylic acids is 2. The molecule has 5 nitrogen and oxygen atoms in total.